The lowest BCUT2D eigenvalue weighted by atomic mass is 9.80. The average Bonchev–Trinajstić information content (AvgIpc) is 2.16. The van der Waals surface area contributed by atoms with Gasteiger partial charge in [-0.2, -0.15) is 0 Å². The van der Waals surface area contributed by atoms with Crippen LogP contribution >= 0.6 is 0 Å². The van der Waals surface area contributed by atoms with Crippen molar-refractivity contribution in [2.75, 3.05) is 6.54 Å². The summed E-state index contributed by atoms with van der Waals surface area (Å²) >= 11 is 0. The van der Waals surface area contributed by atoms with E-state index in [0.29, 0.717) is 12.3 Å². The summed E-state index contributed by atoms with van der Waals surface area (Å²) in [6.45, 7) is 15.5. The molecular weight excluding hydrogens is 186 g/mol. The van der Waals surface area contributed by atoms with E-state index >= 15 is 0 Å². The Morgan fingerprint density at radius 2 is 1.73 bits per heavy atom. The third kappa shape index (κ3) is 9.77. The summed E-state index contributed by atoms with van der Waals surface area (Å²) in [5.74, 6) is 0.619. The lowest BCUT2D eigenvalue weighted by molar-refractivity contribution is -0.122. The van der Waals surface area contributed by atoms with Crippen molar-refractivity contribution in [3.63, 3.8) is 0 Å². The van der Waals surface area contributed by atoms with Gasteiger partial charge in [0.1, 0.15) is 0 Å². The van der Waals surface area contributed by atoms with Crippen LogP contribution in [0.15, 0.2) is 0 Å². The summed E-state index contributed by atoms with van der Waals surface area (Å²) in [5, 5.41) is 2.90. The number of hydrogen-bond donors (Lipinski definition) is 1. The van der Waals surface area contributed by atoms with Gasteiger partial charge in [-0.1, -0.05) is 48.5 Å². The molecule has 1 atom stereocenters. The Morgan fingerprint density at radius 3 is 2.07 bits per heavy atom. The fourth-order valence-electron chi connectivity index (χ4n) is 0.921. The van der Waals surface area contributed by atoms with Crippen molar-refractivity contribution in [3.05, 3.63) is 0 Å². The molecule has 0 fully saturated rings. The quantitative estimate of drug-likeness (QED) is 0.762. The molecule has 0 rings (SSSR count). The second kappa shape index (κ2) is 8.75. The normalized spacial score (nSPS) is 12.5. The van der Waals surface area contributed by atoms with Crippen LogP contribution < -0.4 is 5.32 Å². The molecule has 0 saturated carbocycles. The molecule has 0 aromatic carbocycles. The second-order valence-electron chi connectivity index (χ2n) is 4.82. The summed E-state index contributed by atoms with van der Waals surface area (Å²) in [6, 6.07) is 0. The second-order valence-corrected chi connectivity index (χ2v) is 4.82. The van der Waals surface area contributed by atoms with E-state index in [1.807, 2.05) is 13.8 Å². The fraction of sp³-hybridized carbons (Fsp3) is 0.923. The van der Waals surface area contributed by atoms with Crippen LogP contribution in [0.5, 0.6) is 0 Å². The minimum atomic E-state index is 0.185. The van der Waals surface area contributed by atoms with Crippen molar-refractivity contribution in [2.45, 2.75) is 61.3 Å². The number of carbonyl (C=O) groups is 1. The Labute approximate surface area is 95.8 Å². The van der Waals surface area contributed by atoms with Crippen LogP contribution in [0.1, 0.15) is 61.3 Å². The van der Waals surface area contributed by atoms with Crippen LogP contribution in [0.2, 0.25) is 0 Å². The van der Waals surface area contributed by atoms with Crippen molar-refractivity contribution >= 4 is 5.91 Å². The van der Waals surface area contributed by atoms with Gasteiger partial charge in [-0.15, -0.1) is 0 Å². The molecule has 0 aliphatic heterocycles. The zero-order valence-electron chi connectivity index (χ0n) is 11.6. The highest BCUT2D eigenvalue weighted by Crippen LogP contribution is 2.27. The van der Waals surface area contributed by atoms with Crippen LogP contribution in [0, 0.1) is 11.3 Å². The molecule has 0 aromatic rings. The van der Waals surface area contributed by atoms with E-state index in [1.54, 1.807) is 0 Å². The highest BCUT2D eigenvalue weighted by molar-refractivity contribution is 5.76. The van der Waals surface area contributed by atoms with Gasteiger partial charge < -0.3 is 5.32 Å². The molecule has 0 radical (unpaired) electrons. The van der Waals surface area contributed by atoms with Crippen LogP contribution in [0.3, 0.4) is 0 Å². The van der Waals surface area contributed by atoms with Crippen LogP contribution in [0.4, 0.5) is 0 Å². The van der Waals surface area contributed by atoms with Gasteiger partial charge in [0.25, 0.3) is 0 Å². The van der Waals surface area contributed by atoms with Gasteiger partial charge in [0.2, 0.25) is 5.91 Å². The number of carbonyl (C=O) groups excluding carboxylic acids is 1. The summed E-state index contributed by atoms with van der Waals surface area (Å²) in [6.07, 6.45) is 1.65. The van der Waals surface area contributed by atoms with E-state index in [0.717, 1.165) is 13.0 Å². The van der Waals surface area contributed by atoms with Crippen LogP contribution in [0.25, 0.3) is 0 Å². The predicted octanol–water partition coefficient (Wildman–Crippen LogP) is 3.61. The topological polar surface area (TPSA) is 29.1 Å². The summed E-state index contributed by atoms with van der Waals surface area (Å²) in [4.78, 5) is 11.3. The van der Waals surface area contributed by atoms with E-state index in [1.165, 1.54) is 0 Å². The molecule has 92 valence electrons. The average molecular weight is 215 g/mol. The molecule has 0 spiro atoms. The van der Waals surface area contributed by atoms with E-state index in [9.17, 15) is 4.79 Å². The van der Waals surface area contributed by atoms with Crippen LogP contribution in [-0.2, 0) is 4.79 Å². The van der Waals surface area contributed by atoms with E-state index in [2.05, 4.69) is 39.9 Å². The minimum absolute atomic E-state index is 0.185. The van der Waals surface area contributed by atoms with E-state index in [-0.39, 0.29) is 11.3 Å². The zero-order valence-corrected chi connectivity index (χ0v) is 11.6. The lowest BCUT2D eigenvalue weighted by Gasteiger charge is -2.26. The number of amides is 1. The van der Waals surface area contributed by atoms with Crippen molar-refractivity contribution in [1.29, 1.82) is 0 Å². The summed E-state index contributed by atoms with van der Waals surface area (Å²) in [7, 11) is 0. The molecule has 1 unspecified atom stereocenters. The zero-order chi connectivity index (χ0) is 12.5. The van der Waals surface area contributed by atoms with Gasteiger partial charge >= 0.3 is 0 Å². The van der Waals surface area contributed by atoms with E-state index < -0.39 is 0 Å². The monoisotopic (exact) mass is 215 g/mol. The maximum absolute atomic E-state index is 11.3. The Kier molecular flexibility index (Phi) is 9.85. The highest BCUT2D eigenvalue weighted by Gasteiger charge is 2.22. The first-order valence-corrected chi connectivity index (χ1v) is 6.14. The largest absolute Gasteiger partial charge is 0.356 e. The van der Waals surface area contributed by atoms with E-state index in [4.69, 9.17) is 0 Å². The Bertz CT molecular complexity index is 158. The number of nitrogens with one attached hydrogen (secondary N) is 1. The molecule has 1 amide bonds. The molecule has 0 saturated heterocycles. The standard InChI is InChI=1S/C11H23NO.C2H6/c1-6-7-12-10(13)8-9(2)11(3,4)5;1-2/h9H,6-8H2,1-5H3,(H,12,13);1-2H3. The smallest absolute Gasteiger partial charge is 0.220 e. The fourth-order valence-corrected chi connectivity index (χ4v) is 0.921. The first-order chi connectivity index (χ1) is 6.88. The molecule has 2 heteroatoms. The van der Waals surface area contributed by atoms with Crippen molar-refractivity contribution in [2.24, 2.45) is 11.3 Å². The first kappa shape index (κ1) is 16.9. The van der Waals surface area contributed by atoms with Crippen molar-refractivity contribution in [3.8, 4) is 0 Å². The molecule has 2 nitrogen and oxygen atoms in total. The molecule has 1 N–H and O–H groups in total. The minimum Gasteiger partial charge on any atom is -0.356 e. The molecule has 0 bridgehead atoms. The van der Waals surface area contributed by atoms with Crippen molar-refractivity contribution in [1.82, 2.24) is 5.32 Å². The third-order valence-electron chi connectivity index (χ3n) is 2.54. The summed E-state index contributed by atoms with van der Waals surface area (Å²) in [5.41, 5.74) is 0.226. The molecular formula is C13H29NO. The first-order valence-electron chi connectivity index (χ1n) is 6.14. The molecule has 0 aliphatic carbocycles. The van der Waals surface area contributed by atoms with Gasteiger partial charge in [-0.05, 0) is 17.8 Å². The van der Waals surface area contributed by atoms with Gasteiger partial charge in [-0.3, -0.25) is 4.79 Å². The summed E-state index contributed by atoms with van der Waals surface area (Å²) < 4.78 is 0. The van der Waals surface area contributed by atoms with Gasteiger partial charge in [0.15, 0.2) is 0 Å². The number of hydrogen-bond acceptors (Lipinski definition) is 1. The SMILES string of the molecule is CC.CCCNC(=O)CC(C)C(C)(C)C. The van der Waals surface area contributed by atoms with Gasteiger partial charge in [-0.25, -0.2) is 0 Å². The lowest BCUT2D eigenvalue weighted by Crippen LogP contribution is -2.29. The Balaban J connectivity index is 0. The Morgan fingerprint density at radius 1 is 1.27 bits per heavy atom. The molecule has 0 aliphatic rings. The third-order valence-corrected chi connectivity index (χ3v) is 2.54. The highest BCUT2D eigenvalue weighted by atomic mass is 16.1. The maximum Gasteiger partial charge on any atom is 0.220 e. The predicted molar refractivity (Wildman–Crippen MR) is 67.9 cm³/mol. The van der Waals surface area contributed by atoms with Gasteiger partial charge in [0.05, 0.1) is 0 Å². The molecule has 0 heterocycles. The van der Waals surface area contributed by atoms with Crippen molar-refractivity contribution < 1.29 is 4.79 Å². The van der Waals surface area contributed by atoms with Crippen LogP contribution in [-0.4, -0.2) is 12.5 Å². The molecule has 0 aromatic heterocycles. The molecule has 15 heavy (non-hydrogen) atoms. The maximum atomic E-state index is 11.3. The Hall–Kier alpha value is -0.530. The number of rotatable bonds is 4. The van der Waals surface area contributed by atoms with Gasteiger partial charge in [0, 0.05) is 13.0 Å².